The molecule has 4 N–H and O–H groups in total. The van der Waals surface area contributed by atoms with Crippen LogP contribution < -0.4 is 10.6 Å². The van der Waals surface area contributed by atoms with Crippen LogP contribution in [0.15, 0.2) is 48.5 Å². The minimum Gasteiger partial charge on any atom is -0.481 e. The molecule has 1 aliphatic carbocycles. The van der Waals surface area contributed by atoms with Crippen molar-refractivity contribution in [1.29, 1.82) is 0 Å². The Morgan fingerprint density at radius 3 is 2.20 bits per heavy atom. The lowest BCUT2D eigenvalue weighted by Gasteiger charge is -2.38. The number of aliphatic carboxylic acids is 2. The second kappa shape index (κ2) is 10.1. The summed E-state index contributed by atoms with van der Waals surface area (Å²) >= 11 is 6.05. The standard InChI is InChI=1S/C26H29ClN2O6/c1-25(2)18(12-13-26(25,3)24(34)35)22(31)29-20(23(32)33)14-15-8-10-16(11-9-15)28-21(30)17-6-4-5-7-19(17)27/h4-11,18,20H,12-14H2,1-3H3,(H,28,30)(H,29,31)(H,32,33)(H,34,35)/t18?,20-,26?/m0/s1. The molecule has 1 fully saturated rings. The topological polar surface area (TPSA) is 133 Å². The second-order valence-corrected chi connectivity index (χ2v) is 10.1. The highest BCUT2D eigenvalue weighted by Gasteiger charge is 2.58. The number of hydrogen-bond acceptors (Lipinski definition) is 4. The fourth-order valence-electron chi connectivity index (χ4n) is 4.62. The summed E-state index contributed by atoms with van der Waals surface area (Å²) in [7, 11) is 0. The van der Waals surface area contributed by atoms with Crippen molar-refractivity contribution in [3.63, 3.8) is 0 Å². The largest absolute Gasteiger partial charge is 0.481 e. The van der Waals surface area contributed by atoms with Gasteiger partial charge in [0.1, 0.15) is 6.04 Å². The molecule has 186 valence electrons. The Balaban J connectivity index is 1.66. The normalized spacial score (nSPS) is 21.7. The molecule has 1 saturated carbocycles. The third-order valence-corrected chi connectivity index (χ3v) is 7.73. The monoisotopic (exact) mass is 500 g/mol. The smallest absolute Gasteiger partial charge is 0.326 e. The summed E-state index contributed by atoms with van der Waals surface area (Å²) in [5.41, 5.74) is -0.420. The van der Waals surface area contributed by atoms with Crippen LogP contribution in [0.25, 0.3) is 0 Å². The van der Waals surface area contributed by atoms with Gasteiger partial charge in [0.2, 0.25) is 5.91 Å². The minimum absolute atomic E-state index is 0.0309. The zero-order chi connectivity index (χ0) is 26.0. The van der Waals surface area contributed by atoms with Gasteiger partial charge in [0.05, 0.1) is 16.0 Å². The van der Waals surface area contributed by atoms with E-state index in [2.05, 4.69) is 10.6 Å². The van der Waals surface area contributed by atoms with Crippen molar-refractivity contribution in [2.75, 3.05) is 5.32 Å². The zero-order valence-corrected chi connectivity index (χ0v) is 20.6. The molecular weight excluding hydrogens is 472 g/mol. The van der Waals surface area contributed by atoms with Crippen molar-refractivity contribution in [1.82, 2.24) is 5.32 Å². The van der Waals surface area contributed by atoms with Crippen LogP contribution in [0.3, 0.4) is 0 Å². The summed E-state index contributed by atoms with van der Waals surface area (Å²) in [6, 6.07) is 12.1. The van der Waals surface area contributed by atoms with Crippen LogP contribution in [0.4, 0.5) is 5.69 Å². The minimum atomic E-state index is -1.19. The van der Waals surface area contributed by atoms with Gasteiger partial charge in [-0.2, -0.15) is 0 Å². The first kappa shape index (κ1) is 26.2. The van der Waals surface area contributed by atoms with Crippen molar-refractivity contribution in [3.8, 4) is 0 Å². The van der Waals surface area contributed by atoms with Crippen LogP contribution >= 0.6 is 11.6 Å². The van der Waals surface area contributed by atoms with Crippen LogP contribution in [0.5, 0.6) is 0 Å². The molecule has 0 heterocycles. The lowest BCUT2D eigenvalue weighted by Crippen LogP contribution is -2.49. The lowest BCUT2D eigenvalue weighted by atomic mass is 9.65. The molecule has 0 spiro atoms. The number of halogens is 1. The molecule has 2 aromatic carbocycles. The molecule has 0 aromatic heterocycles. The predicted octanol–water partition coefficient (Wildman–Crippen LogP) is 4.23. The van der Waals surface area contributed by atoms with Crippen LogP contribution in [0, 0.1) is 16.7 Å². The molecule has 3 atom stereocenters. The van der Waals surface area contributed by atoms with Gasteiger partial charge in [-0.15, -0.1) is 0 Å². The number of carbonyl (C=O) groups is 4. The zero-order valence-electron chi connectivity index (χ0n) is 19.8. The molecule has 3 rings (SSSR count). The first-order valence-electron chi connectivity index (χ1n) is 11.3. The third kappa shape index (κ3) is 5.32. The van der Waals surface area contributed by atoms with Gasteiger partial charge in [-0.05, 0) is 55.0 Å². The molecule has 0 aliphatic heterocycles. The van der Waals surface area contributed by atoms with E-state index >= 15 is 0 Å². The molecule has 0 bridgehead atoms. The van der Waals surface area contributed by atoms with E-state index in [-0.39, 0.29) is 12.3 Å². The van der Waals surface area contributed by atoms with E-state index in [1.54, 1.807) is 69.3 Å². The van der Waals surface area contributed by atoms with E-state index in [4.69, 9.17) is 11.6 Å². The highest BCUT2D eigenvalue weighted by atomic mass is 35.5. The molecule has 2 aromatic rings. The van der Waals surface area contributed by atoms with Crippen molar-refractivity contribution >= 4 is 41.0 Å². The lowest BCUT2D eigenvalue weighted by molar-refractivity contribution is -0.155. The Bertz CT molecular complexity index is 1150. The van der Waals surface area contributed by atoms with E-state index in [1.165, 1.54) is 0 Å². The quantitative estimate of drug-likeness (QED) is 0.428. The Morgan fingerprint density at radius 1 is 1.03 bits per heavy atom. The van der Waals surface area contributed by atoms with Gasteiger partial charge in [0.15, 0.2) is 0 Å². The van der Waals surface area contributed by atoms with Gasteiger partial charge in [0, 0.05) is 18.0 Å². The van der Waals surface area contributed by atoms with Crippen molar-refractivity contribution in [2.24, 2.45) is 16.7 Å². The van der Waals surface area contributed by atoms with Gasteiger partial charge in [-0.3, -0.25) is 14.4 Å². The van der Waals surface area contributed by atoms with Crippen LogP contribution in [-0.4, -0.2) is 40.0 Å². The Kier molecular flexibility index (Phi) is 7.55. The first-order valence-corrected chi connectivity index (χ1v) is 11.7. The Morgan fingerprint density at radius 2 is 1.66 bits per heavy atom. The van der Waals surface area contributed by atoms with Gasteiger partial charge >= 0.3 is 11.9 Å². The second-order valence-electron chi connectivity index (χ2n) is 9.68. The fraction of sp³-hybridized carbons (Fsp3) is 0.385. The number of rotatable bonds is 8. The van der Waals surface area contributed by atoms with Crippen LogP contribution in [0.2, 0.25) is 5.02 Å². The maximum atomic E-state index is 13.0. The number of anilines is 1. The highest BCUT2D eigenvalue weighted by Crippen LogP contribution is 2.56. The van der Waals surface area contributed by atoms with E-state index in [0.29, 0.717) is 34.7 Å². The highest BCUT2D eigenvalue weighted by molar-refractivity contribution is 6.34. The van der Waals surface area contributed by atoms with E-state index in [1.807, 2.05) is 0 Å². The number of benzene rings is 2. The predicted molar refractivity (Wildman–Crippen MR) is 131 cm³/mol. The molecule has 1 aliphatic rings. The average molecular weight is 501 g/mol. The molecule has 9 heteroatoms. The fourth-order valence-corrected chi connectivity index (χ4v) is 4.84. The van der Waals surface area contributed by atoms with E-state index in [0.717, 1.165) is 0 Å². The number of carbonyl (C=O) groups excluding carboxylic acids is 2. The van der Waals surface area contributed by atoms with E-state index in [9.17, 15) is 29.4 Å². The number of nitrogens with one attached hydrogen (secondary N) is 2. The molecule has 0 radical (unpaired) electrons. The van der Waals surface area contributed by atoms with Crippen molar-refractivity contribution in [3.05, 3.63) is 64.7 Å². The molecule has 2 unspecified atom stereocenters. The number of hydrogen-bond donors (Lipinski definition) is 4. The Hall–Kier alpha value is -3.39. The summed E-state index contributed by atoms with van der Waals surface area (Å²) in [5, 5.41) is 25.0. The molecule has 2 amide bonds. The Labute approximate surface area is 208 Å². The summed E-state index contributed by atoms with van der Waals surface area (Å²) in [5.74, 6) is -3.60. The molecule has 8 nitrogen and oxygen atoms in total. The van der Waals surface area contributed by atoms with Gasteiger partial charge < -0.3 is 20.8 Å². The molecular formula is C26H29ClN2O6. The first-order chi connectivity index (χ1) is 16.4. The van der Waals surface area contributed by atoms with Crippen LogP contribution in [-0.2, 0) is 20.8 Å². The SMILES string of the molecule is CC1(C(=O)O)CCC(C(=O)N[C@@H](Cc2ccc(NC(=O)c3ccccc3Cl)cc2)C(=O)O)C1(C)C. The van der Waals surface area contributed by atoms with Crippen molar-refractivity contribution < 1.29 is 29.4 Å². The number of carboxylic acids is 2. The number of carboxylic acid groups (broad SMARTS) is 2. The van der Waals surface area contributed by atoms with Gasteiger partial charge in [-0.25, -0.2) is 4.79 Å². The third-order valence-electron chi connectivity index (χ3n) is 7.40. The van der Waals surface area contributed by atoms with Crippen LogP contribution in [0.1, 0.15) is 49.5 Å². The summed E-state index contributed by atoms with van der Waals surface area (Å²) in [6.45, 7) is 5.11. The average Bonchev–Trinajstić information content (AvgIpc) is 3.04. The summed E-state index contributed by atoms with van der Waals surface area (Å²) in [4.78, 5) is 49.1. The van der Waals surface area contributed by atoms with E-state index < -0.39 is 40.6 Å². The maximum absolute atomic E-state index is 13.0. The molecule has 35 heavy (non-hydrogen) atoms. The molecule has 0 saturated heterocycles. The van der Waals surface area contributed by atoms with Crippen molar-refractivity contribution in [2.45, 2.75) is 46.1 Å². The maximum Gasteiger partial charge on any atom is 0.326 e. The summed E-state index contributed by atoms with van der Waals surface area (Å²) < 4.78 is 0. The van der Waals surface area contributed by atoms with Gasteiger partial charge in [0.25, 0.3) is 5.91 Å². The van der Waals surface area contributed by atoms with Gasteiger partial charge in [-0.1, -0.05) is 49.7 Å². The number of amides is 2. The summed E-state index contributed by atoms with van der Waals surface area (Å²) in [6.07, 6.45) is 0.740.